The fourth-order valence-corrected chi connectivity index (χ4v) is 5.63. The average molecular weight is 482 g/mol. The molecule has 0 amide bonds. The Balaban J connectivity index is 1.49. The average Bonchev–Trinajstić information content (AvgIpc) is 3.19. The van der Waals surface area contributed by atoms with Crippen LogP contribution in [0.25, 0.3) is 0 Å². The Hall–Kier alpha value is -2.10. The van der Waals surface area contributed by atoms with Crippen LogP contribution >= 0.6 is 0 Å². The van der Waals surface area contributed by atoms with Gasteiger partial charge in [-0.1, -0.05) is 36.4 Å². The third-order valence-corrected chi connectivity index (χ3v) is 7.66. The summed E-state index contributed by atoms with van der Waals surface area (Å²) in [5, 5.41) is 0. The Bertz CT molecular complexity index is 1050. The number of anilines is 1. The van der Waals surface area contributed by atoms with Crippen molar-refractivity contribution in [3.05, 3.63) is 60.2 Å². The smallest absolute Gasteiger partial charge is 0.368 e. The molecule has 0 bridgehead atoms. The molecule has 2 aromatic rings. The zero-order valence-electron chi connectivity index (χ0n) is 18.7. The molecule has 2 fully saturated rings. The quantitative estimate of drug-likeness (QED) is 0.628. The van der Waals surface area contributed by atoms with Crippen molar-refractivity contribution >= 4 is 15.5 Å². The third kappa shape index (κ3) is 6.28. The molecule has 2 atom stereocenters. The number of hydrogen-bond donors (Lipinski definition) is 0. The fraction of sp³-hybridized carbons (Fsp3) is 0.500. The minimum atomic E-state index is -4.16. The molecular formula is C24H30F3N3O2S. The second-order valence-corrected chi connectivity index (χ2v) is 11.2. The molecule has 180 valence electrons. The molecule has 2 aliphatic heterocycles. The van der Waals surface area contributed by atoms with E-state index in [-0.39, 0.29) is 12.0 Å². The molecule has 5 nitrogen and oxygen atoms in total. The first-order valence-corrected chi connectivity index (χ1v) is 13.1. The molecule has 9 heteroatoms. The fourth-order valence-electron chi connectivity index (χ4n) is 4.97. The molecule has 0 radical (unpaired) electrons. The van der Waals surface area contributed by atoms with Crippen LogP contribution in [0.4, 0.5) is 18.9 Å². The van der Waals surface area contributed by atoms with Gasteiger partial charge in [0.1, 0.15) is 0 Å². The minimum Gasteiger partial charge on any atom is -0.368 e. The van der Waals surface area contributed by atoms with Crippen molar-refractivity contribution in [1.82, 2.24) is 9.80 Å². The first-order chi connectivity index (χ1) is 15.6. The predicted octanol–water partition coefficient (Wildman–Crippen LogP) is 3.84. The van der Waals surface area contributed by atoms with Crippen molar-refractivity contribution in [2.45, 2.75) is 23.5 Å². The van der Waals surface area contributed by atoms with Gasteiger partial charge in [-0.3, -0.25) is 9.80 Å². The lowest BCUT2D eigenvalue weighted by molar-refractivity contribution is -0.143. The number of alkyl halides is 3. The summed E-state index contributed by atoms with van der Waals surface area (Å²) in [6.45, 7) is 3.06. The van der Waals surface area contributed by atoms with Gasteiger partial charge < -0.3 is 4.90 Å². The maximum Gasteiger partial charge on any atom is 0.401 e. The van der Waals surface area contributed by atoms with E-state index in [1.165, 1.54) is 11.2 Å². The van der Waals surface area contributed by atoms with E-state index >= 15 is 0 Å². The highest BCUT2D eigenvalue weighted by molar-refractivity contribution is 7.90. The highest BCUT2D eigenvalue weighted by Gasteiger charge is 2.36. The van der Waals surface area contributed by atoms with E-state index in [1.54, 1.807) is 18.2 Å². The zero-order valence-corrected chi connectivity index (χ0v) is 19.5. The monoisotopic (exact) mass is 481 g/mol. The maximum atomic E-state index is 12.8. The van der Waals surface area contributed by atoms with Crippen LogP contribution in [0.3, 0.4) is 0 Å². The number of rotatable bonds is 6. The molecule has 0 aromatic heterocycles. The highest BCUT2D eigenvalue weighted by atomic mass is 32.2. The van der Waals surface area contributed by atoms with Crippen LogP contribution in [0.1, 0.15) is 18.0 Å². The van der Waals surface area contributed by atoms with E-state index in [2.05, 4.69) is 21.9 Å². The number of benzene rings is 2. The van der Waals surface area contributed by atoms with Gasteiger partial charge in [0.05, 0.1) is 17.5 Å². The van der Waals surface area contributed by atoms with E-state index in [9.17, 15) is 21.6 Å². The lowest BCUT2D eigenvalue weighted by Gasteiger charge is -2.43. The van der Waals surface area contributed by atoms with Gasteiger partial charge in [-0.05, 0) is 42.6 Å². The van der Waals surface area contributed by atoms with Gasteiger partial charge in [0.2, 0.25) is 0 Å². The summed E-state index contributed by atoms with van der Waals surface area (Å²) >= 11 is 0. The summed E-state index contributed by atoms with van der Waals surface area (Å²) in [4.78, 5) is 6.39. The summed E-state index contributed by atoms with van der Waals surface area (Å²) in [5.41, 5.74) is 2.03. The molecule has 33 heavy (non-hydrogen) atoms. The SMILES string of the molecule is CS(=O)(=O)c1cccc(N2CCN(C[C@@H]3CCN(CC(F)(F)F)C3)[C@@H](c3ccccc3)C2)c1. The van der Waals surface area contributed by atoms with Gasteiger partial charge in [-0.2, -0.15) is 13.2 Å². The highest BCUT2D eigenvalue weighted by Crippen LogP contribution is 2.32. The second-order valence-electron chi connectivity index (χ2n) is 9.14. The van der Waals surface area contributed by atoms with Crippen molar-refractivity contribution in [1.29, 1.82) is 0 Å². The molecule has 0 N–H and O–H groups in total. The molecule has 2 saturated heterocycles. The Kier molecular flexibility index (Phi) is 7.02. The lowest BCUT2D eigenvalue weighted by atomic mass is 9.99. The molecule has 0 unspecified atom stereocenters. The number of likely N-dealkylation sites (tertiary alicyclic amines) is 1. The van der Waals surface area contributed by atoms with Crippen molar-refractivity contribution in [2.75, 3.05) is 57.0 Å². The van der Waals surface area contributed by atoms with Crippen LogP contribution in [0.15, 0.2) is 59.5 Å². The van der Waals surface area contributed by atoms with Crippen LogP contribution in [-0.2, 0) is 9.84 Å². The van der Waals surface area contributed by atoms with Crippen LogP contribution in [0.5, 0.6) is 0 Å². The zero-order chi connectivity index (χ0) is 23.6. The summed E-state index contributed by atoms with van der Waals surface area (Å²) in [5.74, 6) is 0.207. The van der Waals surface area contributed by atoms with Gasteiger partial charge in [0.15, 0.2) is 9.84 Å². The predicted molar refractivity (Wildman–Crippen MR) is 123 cm³/mol. The Morgan fingerprint density at radius 2 is 1.73 bits per heavy atom. The van der Waals surface area contributed by atoms with Crippen molar-refractivity contribution in [2.24, 2.45) is 5.92 Å². The number of hydrogen-bond acceptors (Lipinski definition) is 5. The Labute approximate surface area is 193 Å². The van der Waals surface area contributed by atoms with E-state index in [4.69, 9.17) is 0 Å². The van der Waals surface area contributed by atoms with Crippen molar-refractivity contribution in [3.8, 4) is 0 Å². The van der Waals surface area contributed by atoms with E-state index in [1.807, 2.05) is 24.3 Å². The number of halogens is 3. The number of piperazine rings is 1. The molecule has 4 rings (SSSR count). The van der Waals surface area contributed by atoms with Gasteiger partial charge >= 0.3 is 6.18 Å². The lowest BCUT2D eigenvalue weighted by Crippen LogP contribution is -2.50. The van der Waals surface area contributed by atoms with E-state index < -0.39 is 22.6 Å². The van der Waals surface area contributed by atoms with Crippen LogP contribution < -0.4 is 4.90 Å². The molecule has 0 aliphatic carbocycles. The van der Waals surface area contributed by atoms with Crippen LogP contribution in [-0.4, -0.2) is 76.5 Å². The largest absolute Gasteiger partial charge is 0.401 e. The minimum absolute atomic E-state index is 0.0819. The van der Waals surface area contributed by atoms with Crippen molar-refractivity contribution in [3.63, 3.8) is 0 Å². The van der Waals surface area contributed by atoms with Crippen LogP contribution in [0, 0.1) is 5.92 Å². The normalized spacial score (nSPS) is 23.2. The number of sulfone groups is 1. The maximum absolute atomic E-state index is 12.8. The molecule has 0 spiro atoms. The topological polar surface area (TPSA) is 43.9 Å². The van der Waals surface area contributed by atoms with Gasteiger partial charge in [0, 0.05) is 44.7 Å². The number of nitrogens with zero attached hydrogens (tertiary/aromatic N) is 3. The van der Waals surface area contributed by atoms with Gasteiger partial charge in [-0.15, -0.1) is 0 Å². The Morgan fingerprint density at radius 1 is 0.970 bits per heavy atom. The molecule has 0 saturated carbocycles. The molecule has 2 heterocycles. The Morgan fingerprint density at radius 3 is 2.42 bits per heavy atom. The van der Waals surface area contributed by atoms with Crippen molar-refractivity contribution < 1.29 is 21.6 Å². The van der Waals surface area contributed by atoms with Crippen LogP contribution in [0.2, 0.25) is 0 Å². The summed E-state index contributed by atoms with van der Waals surface area (Å²) < 4.78 is 62.4. The summed E-state index contributed by atoms with van der Waals surface area (Å²) in [6, 6.07) is 17.2. The third-order valence-electron chi connectivity index (χ3n) is 6.55. The van der Waals surface area contributed by atoms with Gasteiger partial charge in [0.25, 0.3) is 0 Å². The molecule has 2 aromatic carbocycles. The molecule has 2 aliphatic rings. The first kappa shape index (κ1) is 24.0. The standard InChI is InChI=1S/C24H30F3N3O2S/c1-33(31,32)22-9-5-8-21(14-22)29-12-13-30(23(17-29)20-6-3-2-4-7-20)16-19-10-11-28(15-19)18-24(25,26)27/h2-9,14,19,23H,10-13,15-18H2,1H3/t19-,23-/m1/s1. The molecular weight excluding hydrogens is 451 g/mol. The second kappa shape index (κ2) is 9.64. The van der Waals surface area contributed by atoms with E-state index in [0.29, 0.717) is 24.5 Å². The first-order valence-electron chi connectivity index (χ1n) is 11.2. The van der Waals surface area contributed by atoms with Gasteiger partial charge in [-0.25, -0.2) is 8.42 Å². The summed E-state index contributed by atoms with van der Waals surface area (Å²) in [7, 11) is -3.30. The summed E-state index contributed by atoms with van der Waals surface area (Å²) in [6.07, 6.45) is -2.18. The van der Waals surface area contributed by atoms with E-state index in [0.717, 1.165) is 37.3 Å².